The van der Waals surface area contributed by atoms with Crippen molar-refractivity contribution in [2.24, 2.45) is 0 Å². The van der Waals surface area contributed by atoms with Crippen LogP contribution in [0.1, 0.15) is 0 Å². The van der Waals surface area contributed by atoms with Gasteiger partial charge in [-0.2, -0.15) is 0 Å². The van der Waals surface area contributed by atoms with Gasteiger partial charge in [0.15, 0.2) is 23.3 Å². The number of halogens is 4. The third-order valence-electron chi connectivity index (χ3n) is 2.70. The maximum absolute atomic E-state index is 13.4. The summed E-state index contributed by atoms with van der Waals surface area (Å²) in [5.74, 6) is -8.56. The van der Waals surface area contributed by atoms with Crippen LogP contribution in [-0.4, -0.2) is 35.0 Å². The average molecular weight is 304 g/mol. The summed E-state index contributed by atoms with van der Waals surface area (Å²) in [6, 6.07) is 0.0178. The van der Waals surface area contributed by atoms with Gasteiger partial charge in [-0.1, -0.05) is 0 Å². The molecule has 2 rings (SSSR count). The number of amides is 2. The first-order chi connectivity index (χ1) is 9.86. The second kappa shape index (κ2) is 5.52. The molecule has 1 aliphatic heterocycles. The van der Waals surface area contributed by atoms with Crippen molar-refractivity contribution in [3.63, 3.8) is 0 Å². The molecule has 0 saturated heterocycles. The maximum atomic E-state index is 13.4. The van der Waals surface area contributed by atoms with E-state index < -0.39 is 53.1 Å². The van der Waals surface area contributed by atoms with Crippen molar-refractivity contribution in [1.29, 1.82) is 0 Å². The number of carbonyl (C=O) groups is 2. The first-order valence-electron chi connectivity index (χ1n) is 5.65. The predicted molar refractivity (Wildman–Crippen MR) is 61.8 cm³/mol. The molecule has 0 spiro atoms. The molecule has 0 radical (unpaired) electrons. The zero-order valence-electron chi connectivity index (χ0n) is 10.3. The minimum Gasteiger partial charge on any atom is -0.395 e. The van der Waals surface area contributed by atoms with Gasteiger partial charge in [-0.25, -0.2) is 17.6 Å². The number of hydrogen-bond donors (Lipinski definition) is 2. The molecule has 112 valence electrons. The van der Waals surface area contributed by atoms with Crippen molar-refractivity contribution >= 4 is 17.5 Å². The van der Waals surface area contributed by atoms with Crippen molar-refractivity contribution in [2.75, 3.05) is 18.5 Å². The van der Waals surface area contributed by atoms with Crippen molar-refractivity contribution in [1.82, 2.24) is 4.90 Å². The Kier molecular flexibility index (Phi) is 3.94. The lowest BCUT2D eigenvalue weighted by Gasteiger charge is -2.14. The number of aliphatic hydroxyl groups excluding tert-OH is 1. The van der Waals surface area contributed by atoms with E-state index in [9.17, 15) is 27.2 Å². The Balaban J connectivity index is 2.34. The average Bonchev–Trinajstić information content (AvgIpc) is 2.69. The van der Waals surface area contributed by atoms with E-state index in [-0.39, 0.29) is 12.6 Å². The highest BCUT2D eigenvalue weighted by molar-refractivity contribution is 6.17. The lowest BCUT2D eigenvalue weighted by molar-refractivity contribution is -0.137. The van der Waals surface area contributed by atoms with Crippen molar-refractivity contribution in [2.45, 2.75) is 0 Å². The minimum absolute atomic E-state index is 0.0178. The molecule has 5 nitrogen and oxygen atoms in total. The van der Waals surface area contributed by atoms with Crippen LogP contribution in [-0.2, 0) is 9.59 Å². The topological polar surface area (TPSA) is 69.6 Å². The van der Waals surface area contributed by atoms with Crippen LogP contribution in [0.15, 0.2) is 17.8 Å². The fourth-order valence-electron chi connectivity index (χ4n) is 1.73. The van der Waals surface area contributed by atoms with E-state index >= 15 is 0 Å². The van der Waals surface area contributed by atoms with Gasteiger partial charge in [0.1, 0.15) is 11.4 Å². The van der Waals surface area contributed by atoms with Crippen LogP contribution >= 0.6 is 0 Å². The molecule has 0 unspecified atom stereocenters. The third-order valence-corrected chi connectivity index (χ3v) is 2.70. The normalized spacial score (nSPS) is 14.7. The van der Waals surface area contributed by atoms with E-state index in [2.05, 4.69) is 0 Å². The summed E-state index contributed by atoms with van der Waals surface area (Å²) in [6.45, 7) is -0.822. The van der Waals surface area contributed by atoms with E-state index in [1.807, 2.05) is 5.32 Å². The fourth-order valence-corrected chi connectivity index (χ4v) is 1.73. The largest absolute Gasteiger partial charge is 0.395 e. The SMILES string of the molecule is O=C1C=C(Nc2c(F)c(F)cc(F)c2F)C(=O)N1CCO. The molecular weight excluding hydrogens is 296 g/mol. The fraction of sp³-hybridized carbons (Fsp3) is 0.167. The molecule has 1 aliphatic rings. The van der Waals surface area contributed by atoms with Gasteiger partial charge in [0.25, 0.3) is 11.8 Å². The van der Waals surface area contributed by atoms with Crippen LogP contribution < -0.4 is 5.32 Å². The Hall–Kier alpha value is -2.42. The van der Waals surface area contributed by atoms with E-state index in [0.29, 0.717) is 11.0 Å². The molecule has 21 heavy (non-hydrogen) atoms. The lowest BCUT2D eigenvalue weighted by atomic mass is 10.2. The number of carbonyl (C=O) groups excluding carboxylic acids is 2. The predicted octanol–water partition coefficient (Wildman–Crippen LogP) is 0.900. The highest BCUT2D eigenvalue weighted by atomic mass is 19.2. The van der Waals surface area contributed by atoms with Crippen molar-refractivity contribution in [3.8, 4) is 0 Å². The van der Waals surface area contributed by atoms with Crippen LogP contribution in [0.3, 0.4) is 0 Å². The van der Waals surface area contributed by atoms with Gasteiger partial charge >= 0.3 is 0 Å². The van der Waals surface area contributed by atoms with Gasteiger partial charge in [-0.3, -0.25) is 14.5 Å². The van der Waals surface area contributed by atoms with E-state index in [1.54, 1.807) is 0 Å². The number of rotatable bonds is 4. The maximum Gasteiger partial charge on any atom is 0.277 e. The zero-order valence-corrected chi connectivity index (χ0v) is 10.3. The number of β-amino-alcohol motifs (C(OH)–C–C–N with tert-alkyl or cyclic N) is 1. The molecule has 0 bridgehead atoms. The van der Waals surface area contributed by atoms with Crippen LogP contribution in [0.5, 0.6) is 0 Å². The summed E-state index contributed by atoms with van der Waals surface area (Å²) in [7, 11) is 0. The van der Waals surface area contributed by atoms with E-state index in [0.717, 1.165) is 0 Å². The molecule has 0 saturated carbocycles. The number of imide groups is 1. The summed E-state index contributed by atoms with van der Waals surface area (Å²) in [4.78, 5) is 23.8. The summed E-state index contributed by atoms with van der Waals surface area (Å²) >= 11 is 0. The van der Waals surface area contributed by atoms with Crippen molar-refractivity contribution < 1.29 is 32.3 Å². The first-order valence-corrected chi connectivity index (χ1v) is 5.65. The highest BCUT2D eigenvalue weighted by Gasteiger charge is 2.32. The monoisotopic (exact) mass is 304 g/mol. The molecule has 9 heteroatoms. The van der Waals surface area contributed by atoms with Crippen LogP contribution in [0.25, 0.3) is 0 Å². The van der Waals surface area contributed by atoms with Gasteiger partial charge in [0.05, 0.1) is 13.2 Å². The highest BCUT2D eigenvalue weighted by Crippen LogP contribution is 2.26. The smallest absolute Gasteiger partial charge is 0.277 e. The molecule has 2 amide bonds. The van der Waals surface area contributed by atoms with E-state index in [4.69, 9.17) is 5.11 Å². The summed E-state index contributed by atoms with van der Waals surface area (Å²) in [5.41, 5.74) is -1.78. The van der Waals surface area contributed by atoms with Crippen LogP contribution in [0, 0.1) is 23.3 Å². The first kappa shape index (κ1) is 15.0. The Morgan fingerprint density at radius 2 is 1.67 bits per heavy atom. The number of nitrogens with one attached hydrogen (secondary N) is 1. The second-order valence-corrected chi connectivity index (χ2v) is 4.04. The van der Waals surface area contributed by atoms with E-state index in [1.165, 1.54) is 0 Å². The summed E-state index contributed by atoms with van der Waals surface area (Å²) in [6.07, 6.45) is 0.708. The van der Waals surface area contributed by atoms with Crippen LogP contribution in [0.2, 0.25) is 0 Å². The lowest BCUT2D eigenvalue weighted by Crippen LogP contribution is -2.34. The molecule has 1 heterocycles. The molecule has 0 fully saturated rings. The number of nitrogens with zero attached hydrogens (tertiary/aromatic N) is 1. The van der Waals surface area contributed by atoms with Gasteiger partial charge in [0, 0.05) is 12.1 Å². The minimum atomic E-state index is -1.73. The number of benzene rings is 1. The van der Waals surface area contributed by atoms with Gasteiger partial charge in [-0.15, -0.1) is 0 Å². The summed E-state index contributed by atoms with van der Waals surface area (Å²) in [5, 5.41) is 10.6. The van der Waals surface area contributed by atoms with Crippen molar-refractivity contribution in [3.05, 3.63) is 41.1 Å². The quantitative estimate of drug-likeness (QED) is 0.493. The number of anilines is 1. The molecular formula is C12H8F4N2O3. The van der Waals surface area contributed by atoms with Crippen LogP contribution in [0.4, 0.5) is 23.2 Å². The Morgan fingerprint density at radius 3 is 2.19 bits per heavy atom. The number of aliphatic hydroxyl groups is 1. The standard InChI is InChI=1S/C12H8F4N2O3/c13-5-3-6(14)10(16)11(9(5)15)17-7-4-8(20)18(1-2-19)12(7)21/h3-4,17,19H,1-2H2. The Labute approximate surface area is 115 Å². The zero-order chi connectivity index (χ0) is 15.7. The molecule has 1 aromatic carbocycles. The molecule has 2 N–H and O–H groups in total. The molecule has 0 aliphatic carbocycles. The third kappa shape index (κ3) is 2.59. The van der Waals surface area contributed by atoms with Gasteiger partial charge in [0.2, 0.25) is 0 Å². The number of hydrogen-bond acceptors (Lipinski definition) is 4. The second-order valence-electron chi connectivity index (χ2n) is 4.04. The Bertz CT molecular complexity index is 634. The van der Waals surface area contributed by atoms with Gasteiger partial charge < -0.3 is 10.4 Å². The Morgan fingerprint density at radius 1 is 1.10 bits per heavy atom. The summed E-state index contributed by atoms with van der Waals surface area (Å²) < 4.78 is 52.9. The molecule has 0 aromatic heterocycles. The molecule has 1 aromatic rings. The molecule has 0 atom stereocenters. The van der Waals surface area contributed by atoms with Gasteiger partial charge in [-0.05, 0) is 0 Å².